The van der Waals surface area contributed by atoms with Crippen molar-refractivity contribution in [2.24, 2.45) is 0 Å². The Kier molecular flexibility index (Phi) is 3.28. The largest absolute Gasteiger partial charge is 0.469 e. The van der Waals surface area contributed by atoms with Crippen LogP contribution in [0.2, 0.25) is 0 Å². The van der Waals surface area contributed by atoms with Crippen molar-refractivity contribution in [2.75, 3.05) is 7.11 Å². The van der Waals surface area contributed by atoms with Gasteiger partial charge in [-0.1, -0.05) is 15.9 Å². The van der Waals surface area contributed by atoms with Crippen molar-refractivity contribution in [3.63, 3.8) is 0 Å². The molecule has 17 heavy (non-hydrogen) atoms. The van der Waals surface area contributed by atoms with Crippen LogP contribution in [-0.4, -0.2) is 18.9 Å². The van der Waals surface area contributed by atoms with Crippen molar-refractivity contribution in [2.45, 2.75) is 6.42 Å². The zero-order valence-electron chi connectivity index (χ0n) is 9.03. The van der Waals surface area contributed by atoms with Crippen molar-refractivity contribution in [3.05, 3.63) is 34.5 Å². The summed E-state index contributed by atoms with van der Waals surface area (Å²) in [5, 5.41) is 0.813. The number of Topliss-reactive ketones (excluding diaryl/α,β-unsaturated/α-hetero) is 1. The first-order valence-electron chi connectivity index (χ1n) is 4.89. The molecule has 0 aliphatic rings. The summed E-state index contributed by atoms with van der Waals surface area (Å²) >= 11 is 3.33. The summed E-state index contributed by atoms with van der Waals surface area (Å²) < 4.78 is 10.7. The zero-order valence-corrected chi connectivity index (χ0v) is 10.6. The van der Waals surface area contributed by atoms with E-state index in [9.17, 15) is 9.59 Å². The third-order valence-electron chi connectivity index (χ3n) is 2.29. The minimum absolute atomic E-state index is 0.170. The second kappa shape index (κ2) is 4.71. The van der Waals surface area contributed by atoms with E-state index < -0.39 is 5.97 Å². The van der Waals surface area contributed by atoms with Gasteiger partial charge >= 0.3 is 5.97 Å². The Balaban J connectivity index is 2.30. The van der Waals surface area contributed by atoms with Gasteiger partial charge in [0.2, 0.25) is 5.78 Å². The highest BCUT2D eigenvalue weighted by Gasteiger charge is 2.16. The molecule has 0 spiro atoms. The molecule has 88 valence electrons. The molecule has 1 aromatic carbocycles. The van der Waals surface area contributed by atoms with E-state index in [1.54, 1.807) is 12.1 Å². The van der Waals surface area contributed by atoms with Crippen LogP contribution in [0.25, 0.3) is 11.0 Å². The molecular formula is C12H9BrO4. The van der Waals surface area contributed by atoms with E-state index in [2.05, 4.69) is 20.7 Å². The maximum absolute atomic E-state index is 11.7. The van der Waals surface area contributed by atoms with E-state index in [-0.39, 0.29) is 18.0 Å². The number of methoxy groups -OCH3 is 1. The Labute approximate surface area is 106 Å². The SMILES string of the molecule is COC(=O)CC(=O)c1cc2cc(Br)ccc2o1. The number of rotatable bonds is 3. The Morgan fingerprint density at radius 1 is 1.35 bits per heavy atom. The van der Waals surface area contributed by atoms with Crippen LogP contribution < -0.4 is 0 Å². The molecule has 0 aliphatic heterocycles. The van der Waals surface area contributed by atoms with E-state index in [4.69, 9.17) is 4.42 Å². The predicted molar refractivity (Wildman–Crippen MR) is 64.9 cm³/mol. The molecule has 0 bridgehead atoms. The van der Waals surface area contributed by atoms with Crippen molar-refractivity contribution in [1.82, 2.24) is 0 Å². The quantitative estimate of drug-likeness (QED) is 0.496. The summed E-state index contributed by atoms with van der Waals surface area (Å²) in [7, 11) is 1.24. The fourth-order valence-electron chi connectivity index (χ4n) is 1.44. The van der Waals surface area contributed by atoms with Crippen LogP contribution in [0.15, 0.2) is 33.2 Å². The molecule has 1 aromatic heterocycles. The van der Waals surface area contributed by atoms with E-state index in [1.165, 1.54) is 7.11 Å². The molecule has 0 aliphatic carbocycles. The second-order valence-corrected chi connectivity index (χ2v) is 4.38. The Bertz CT molecular complexity index is 585. The lowest BCUT2D eigenvalue weighted by Gasteiger charge is -1.95. The standard InChI is InChI=1S/C12H9BrO4/c1-16-12(15)6-9(14)11-5-7-4-8(13)2-3-10(7)17-11/h2-5H,6H2,1H3. The highest BCUT2D eigenvalue weighted by atomic mass is 79.9. The van der Waals surface area contributed by atoms with Crippen LogP contribution in [0, 0.1) is 0 Å². The van der Waals surface area contributed by atoms with Gasteiger partial charge in [-0.25, -0.2) is 0 Å². The number of ether oxygens (including phenoxy) is 1. The van der Waals surface area contributed by atoms with Gasteiger partial charge < -0.3 is 9.15 Å². The fraction of sp³-hybridized carbons (Fsp3) is 0.167. The number of fused-ring (bicyclic) bond motifs is 1. The summed E-state index contributed by atoms with van der Waals surface area (Å²) in [5.41, 5.74) is 0.612. The molecule has 0 amide bonds. The van der Waals surface area contributed by atoms with Gasteiger partial charge in [0, 0.05) is 9.86 Å². The average molecular weight is 297 g/mol. The first-order valence-corrected chi connectivity index (χ1v) is 5.68. The molecule has 2 aromatic rings. The lowest BCUT2D eigenvalue weighted by molar-refractivity contribution is -0.139. The topological polar surface area (TPSA) is 56.5 Å². The Morgan fingerprint density at radius 2 is 2.12 bits per heavy atom. The molecule has 0 unspecified atom stereocenters. The smallest absolute Gasteiger partial charge is 0.313 e. The van der Waals surface area contributed by atoms with Gasteiger partial charge in [-0.3, -0.25) is 9.59 Å². The summed E-state index contributed by atoms with van der Waals surface area (Å²) in [5.74, 6) is -0.788. The van der Waals surface area contributed by atoms with E-state index in [0.717, 1.165) is 9.86 Å². The van der Waals surface area contributed by atoms with Gasteiger partial charge in [0.1, 0.15) is 12.0 Å². The van der Waals surface area contributed by atoms with Crippen LogP contribution in [0.1, 0.15) is 17.0 Å². The molecule has 0 N–H and O–H groups in total. The highest BCUT2D eigenvalue weighted by molar-refractivity contribution is 9.10. The maximum Gasteiger partial charge on any atom is 0.313 e. The first kappa shape index (κ1) is 11.9. The Morgan fingerprint density at radius 3 is 2.82 bits per heavy atom. The lowest BCUT2D eigenvalue weighted by Crippen LogP contribution is -2.08. The van der Waals surface area contributed by atoms with Gasteiger partial charge in [-0.05, 0) is 24.3 Å². The second-order valence-electron chi connectivity index (χ2n) is 3.47. The molecule has 4 nitrogen and oxygen atoms in total. The van der Waals surface area contributed by atoms with Crippen molar-refractivity contribution in [3.8, 4) is 0 Å². The maximum atomic E-state index is 11.7. The molecule has 0 atom stereocenters. The molecule has 0 saturated heterocycles. The van der Waals surface area contributed by atoms with E-state index in [0.29, 0.717) is 5.58 Å². The molecule has 5 heteroatoms. The zero-order chi connectivity index (χ0) is 12.4. The van der Waals surface area contributed by atoms with Crippen molar-refractivity contribution >= 4 is 38.7 Å². The number of ketones is 1. The normalized spacial score (nSPS) is 10.5. The number of carbonyl (C=O) groups is 2. The van der Waals surface area contributed by atoms with Crippen molar-refractivity contribution in [1.29, 1.82) is 0 Å². The van der Waals surface area contributed by atoms with Crippen LogP contribution in [0.4, 0.5) is 0 Å². The predicted octanol–water partition coefficient (Wildman–Crippen LogP) is 2.94. The third kappa shape index (κ3) is 2.55. The Hall–Kier alpha value is -1.62. The molecule has 0 radical (unpaired) electrons. The minimum Gasteiger partial charge on any atom is -0.469 e. The third-order valence-corrected chi connectivity index (χ3v) is 2.78. The molecule has 1 heterocycles. The summed E-state index contributed by atoms with van der Waals surface area (Å²) in [6.07, 6.45) is -0.308. The molecule has 2 rings (SSSR count). The minimum atomic E-state index is -0.573. The van der Waals surface area contributed by atoms with Crippen LogP contribution >= 0.6 is 15.9 Å². The number of carbonyl (C=O) groups excluding carboxylic acids is 2. The number of furan rings is 1. The van der Waals surface area contributed by atoms with Crippen LogP contribution in [0.3, 0.4) is 0 Å². The van der Waals surface area contributed by atoms with Gasteiger partial charge in [0.05, 0.1) is 7.11 Å². The van der Waals surface area contributed by atoms with E-state index in [1.807, 2.05) is 12.1 Å². The number of benzene rings is 1. The summed E-state index contributed by atoms with van der Waals surface area (Å²) in [6, 6.07) is 7.04. The monoisotopic (exact) mass is 296 g/mol. The van der Waals surface area contributed by atoms with Gasteiger partial charge in [-0.2, -0.15) is 0 Å². The first-order chi connectivity index (χ1) is 8.10. The number of esters is 1. The van der Waals surface area contributed by atoms with Crippen LogP contribution in [0.5, 0.6) is 0 Å². The summed E-state index contributed by atoms with van der Waals surface area (Å²) in [6.45, 7) is 0. The number of hydrogen-bond acceptors (Lipinski definition) is 4. The van der Waals surface area contributed by atoms with Crippen LogP contribution in [-0.2, 0) is 9.53 Å². The number of hydrogen-bond donors (Lipinski definition) is 0. The van der Waals surface area contributed by atoms with Crippen molar-refractivity contribution < 1.29 is 18.7 Å². The number of halogens is 1. The highest BCUT2D eigenvalue weighted by Crippen LogP contribution is 2.24. The molecule has 0 saturated carbocycles. The van der Waals surface area contributed by atoms with E-state index >= 15 is 0 Å². The molecule has 0 fully saturated rings. The average Bonchev–Trinajstić information content (AvgIpc) is 2.71. The molecular weight excluding hydrogens is 288 g/mol. The fourth-order valence-corrected chi connectivity index (χ4v) is 1.82. The lowest BCUT2D eigenvalue weighted by atomic mass is 10.2. The van der Waals surface area contributed by atoms with Gasteiger partial charge in [-0.15, -0.1) is 0 Å². The summed E-state index contributed by atoms with van der Waals surface area (Å²) in [4.78, 5) is 22.6. The van der Waals surface area contributed by atoms with Gasteiger partial charge in [0.25, 0.3) is 0 Å². The van der Waals surface area contributed by atoms with Gasteiger partial charge in [0.15, 0.2) is 5.76 Å².